The number of aryl methyl sites for hydroxylation is 1. The topological polar surface area (TPSA) is 66.7 Å². The fourth-order valence-electron chi connectivity index (χ4n) is 2.50. The zero-order valence-corrected chi connectivity index (χ0v) is 15.0. The van der Waals surface area contributed by atoms with E-state index in [-0.39, 0.29) is 24.2 Å². The number of nitrogens with zero attached hydrogens (tertiary/aromatic N) is 3. The third-order valence-corrected chi connectivity index (χ3v) is 4.12. The first-order valence-electron chi connectivity index (χ1n) is 8.14. The first-order chi connectivity index (χ1) is 11.8. The van der Waals surface area contributed by atoms with Gasteiger partial charge < -0.3 is 9.80 Å². The van der Waals surface area contributed by atoms with Crippen LogP contribution in [0.4, 0.5) is 17.1 Å². The summed E-state index contributed by atoms with van der Waals surface area (Å²) in [5, 5.41) is 10.7. The van der Waals surface area contributed by atoms with E-state index in [4.69, 9.17) is 0 Å². The van der Waals surface area contributed by atoms with Gasteiger partial charge in [0.1, 0.15) is 0 Å². The van der Waals surface area contributed by atoms with Crippen LogP contribution in [0.1, 0.15) is 19.4 Å². The van der Waals surface area contributed by atoms with E-state index >= 15 is 0 Å². The lowest BCUT2D eigenvalue weighted by Gasteiger charge is -2.30. The minimum atomic E-state index is -0.455. The van der Waals surface area contributed by atoms with Crippen molar-refractivity contribution >= 4 is 23.0 Å². The minimum absolute atomic E-state index is 0.00746. The van der Waals surface area contributed by atoms with Gasteiger partial charge in [-0.25, -0.2) is 0 Å². The summed E-state index contributed by atoms with van der Waals surface area (Å²) in [6.45, 7) is 6.34. The Kier molecular flexibility index (Phi) is 5.75. The maximum absolute atomic E-state index is 12.7. The molecule has 0 fully saturated rings. The molecule has 0 saturated carbocycles. The molecular weight excluding hydrogens is 318 g/mol. The molecule has 0 aliphatic carbocycles. The fraction of sp³-hybridized carbons (Fsp3) is 0.316. The molecule has 0 aromatic heterocycles. The third-order valence-electron chi connectivity index (χ3n) is 4.12. The number of anilines is 2. The number of carbonyl (C=O) groups is 1. The lowest BCUT2D eigenvalue weighted by molar-refractivity contribution is -0.384. The van der Waals surface area contributed by atoms with Crippen molar-refractivity contribution in [3.8, 4) is 0 Å². The van der Waals surface area contributed by atoms with E-state index in [9.17, 15) is 14.9 Å². The summed E-state index contributed by atoms with van der Waals surface area (Å²) in [5.41, 5.74) is 2.80. The first-order valence-corrected chi connectivity index (χ1v) is 8.14. The molecule has 2 rings (SSSR count). The van der Waals surface area contributed by atoms with Gasteiger partial charge in [-0.2, -0.15) is 0 Å². The quantitative estimate of drug-likeness (QED) is 0.592. The average molecular weight is 341 g/mol. The van der Waals surface area contributed by atoms with Crippen molar-refractivity contribution in [3.63, 3.8) is 0 Å². The van der Waals surface area contributed by atoms with Crippen LogP contribution in [-0.4, -0.2) is 30.5 Å². The van der Waals surface area contributed by atoms with Crippen molar-refractivity contribution < 1.29 is 9.72 Å². The van der Waals surface area contributed by atoms with E-state index in [1.807, 2.05) is 49.9 Å². The van der Waals surface area contributed by atoms with Crippen LogP contribution in [0, 0.1) is 17.0 Å². The highest BCUT2D eigenvalue weighted by Crippen LogP contribution is 2.21. The molecule has 6 heteroatoms. The van der Waals surface area contributed by atoms with Gasteiger partial charge in [-0.15, -0.1) is 0 Å². The molecule has 0 bridgehead atoms. The van der Waals surface area contributed by atoms with Crippen LogP contribution in [0.15, 0.2) is 48.5 Å². The van der Waals surface area contributed by atoms with Gasteiger partial charge in [-0.1, -0.05) is 17.7 Å². The molecule has 132 valence electrons. The predicted octanol–water partition coefficient (Wildman–Crippen LogP) is 3.78. The van der Waals surface area contributed by atoms with Gasteiger partial charge in [0, 0.05) is 36.6 Å². The van der Waals surface area contributed by atoms with Gasteiger partial charge in [0.05, 0.1) is 11.5 Å². The fourth-order valence-corrected chi connectivity index (χ4v) is 2.50. The largest absolute Gasteiger partial charge is 0.360 e. The second-order valence-corrected chi connectivity index (χ2v) is 6.28. The Bertz CT molecular complexity index is 740. The molecule has 0 aliphatic heterocycles. The summed E-state index contributed by atoms with van der Waals surface area (Å²) in [6, 6.07) is 14.2. The van der Waals surface area contributed by atoms with Crippen LogP contribution in [0.2, 0.25) is 0 Å². The van der Waals surface area contributed by atoms with E-state index in [1.165, 1.54) is 22.6 Å². The van der Waals surface area contributed by atoms with Gasteiger partial charge in [-0.3, -0.25) is 14.9 Å². The van der Waals surface area contributed by atoms with E-state index in [2.05, 4.69) is 0 Å². The number of hydrogen-bond acceptors (Lipinski definition) is 4. The number of carbonyl (C=O) groups excluding carboxylic acids is 1. The van der Waals surface area contributed by atoms with Crippen molar-refractivity contribution in [2.24, 2.45) is 0 Å². The maximum Gasteiger partial charge on any atom is 0.269 e. The molecule has 0 saturated heterocycles. The molecule has 1 amide bonds. The monoisotopic (exact) mass is 341 g/mol. The van der Waals surface area contributed by atoms with E-state index in [1.54, 1.807) is 19.2 Å². The van der Waals surface area contributed by atoms with Crippen LogP contribution < -0.4 is 9.80 Å². The van der Waals surface area contributed by atoms with Crippen molar-refractivity contribution in [2.75, 3.05) is 23.4 Å². The van der Waals surface area contributed by atoms with E-state index in [0.717, 1.165) is 5.69 Å². The number of nitro benzene ring substituents is 1. The van der Waals surface area contributed by atoms with Crippen LogP contribution in [0.3, 0.4) is 0 Å². The zero-order chi connectivity index (χ0) is 18.6. The van der Waals surface area contributed by atoms with Crippen molar-refractivity contribution in [3.05, 3.63) is 64.2 Å². The minimum Gasteiger partial charge on any atom is -0.360 e. The molecule has 0 spiro atoms. The number of amides is 1. The highest BCUT2D eigenvalue weighted by Gasteiger charge is 2.19. The summed E-state index contributed by atoms with van der Waals surface area (Å²) < 4.78 is 0. The molecule has 25 heavy (non-hydrogen) atoms. The average Bonchev–Trinajstić information content (AvgIpc) is 2.59. The summed E-state index contributed by atoms with van der Waals surface area (Å²) in [6.07, 6.45) is 0. The van der Waals surface area contributed by atoms with Crippen molar-refractivity contribution in [1.82, 2.24) is 0 Å². The van der Waals surface area contributed by atoms with Crippen LogP contribution in [-0.2, 0) is 4.79 Å². The Morgan fingerprint density at radius 3 is 2.04 bits per heavy atom. The summed E-state index contributed by atoms with van der Waals surface area (Å²) in [7, 11) is 1.68. The molecule has 6 nitrogen and oxygen atoms in total. The number of hydrogen-bond donors (Lipinski definition) is 0. The predicted molar refractivity (Wildman–Crippen MR) is 100 cm³/mol. The molecule has 0 radical (unpaired) electrons. The van der Waals surface area contributed by atoms with Gasteiger partial charge in [0.2, 0.25) is 5.91 Å². The lowest BCUT2D eigenvalue weighted by atomic mass is 10.2. The molecule has 2 aromatic carbocycles. The SMILES string of the molecule is Cc1ccc(N(CC(=O)N(C)c2ccc([N+](=O)[O-])cc2)C(C)C)cc1. The second-order valence-electron chi connectivity index (χ2n) is 6.28. The Hall–Kier alpha value is -2.89. The Morgan fingerprint density at radius 1 is 1.04 bits per heavy atom. The Balaban J connectivity index is 2.14. The molecule has 0 heterocycles. The maximum atomic E-state index is 12.7. The Labute approximate surface area is 147 Å². The number of benzene rings is 2. The summed E-state index contributed by atoms with van der Waals surface area (Å²) >= 11 is 0. The van der Waals surface area contributed by atoms with Crippen molar-refractivity contribution in [1.29, 1.82) is 0 Å². The van der Waals surface area contributed by atoms with Gasteiger partial charge in [0.15, 0.2) is 0 Å². The number of nitro groups is 1. The molecule has 0 aliphatic rings. The van der Waals surface area contributed by atoms with E-state index in [0.29, 0.717) is 5.69 Å². The highest BCUT2D eigenvalue weighted by atomic mass is 16.6. The van der Waals surface area contributed by atoms with Crippen molar-refractivity contribution in [2.45, 2.75) is 26.8 Å². The third kappa shape index (κ3) is 4.56. The Morgan fingerprint density at radius 2 is 1.56 bits per heavy atom. The van der Waals surface area contributed by atoms with Crippen LogP contribution >= 0.6 is 0 Å². The number of likely N-dealkylation sites (N-methyl/N-ethyl adjacent to an activating group) is 1. The highest BCUT2D eigenvalue weighted by molar-refractivity contribution is 5.96. The molecule has 0 unspecified atom stereocenters. The first kappa shape index (κ1) is 18.4. The molecule has 0 atom stereocenters. The molecule has 2 aromatic rings. The molecule has 0 N–H and O–H groups in total. The van der Waals surface area contributed by atoms with Gasteiger partial charge in [-0.05, 0) is 45.0 Å². The second kappa shape index (κ2) is 7.79. The normalized spacial score (nSPS) is 10.6. The standard InChI is InChI=1S/C19H23N3O3/c1-14(2)21(17-7-5-15(3)6-8-17)13-19(23)20(4)16-9-11-18(12-10-16)22(24)25/h5-12,14H,13H2,1-4H3. The number of rotatable bonds is 6. The van der Waals surface area contributed by atoms with Crippen LogP contribution in [0.5, 0.6) is 0 Å². The molecular formula is C19H23N3O3. The number of non-ortho nitro benzene ring substituents is 1. The van der Waals surface area contributed by atoms with Gasteiger partial charge >= 0.3 is 0 Å². The van der Waals surface area contributed by atoms with E-state index < -0.39 is 4.92 Å². The lowest BCUT2D eigenvalue weighted by Crippen LogP contribution is -2.41. The summed E-state index contributed by atoms with van der Waals surface area (Å²) in [5.74, 6) is -0.0804. The van der Waals surface area contributed by atoms with Crippen LogP contribution in [0.25, 0.3) is 0 Å². The zero-order valence-electron chi connectivity index (χ0n) is 15.0. The van der Waals surface area contributed by atoms with Gasteiger partial charge in [0.25, 0.3) is 5.69 Å². The summed E-state index contributed by atoms with van der Waals surface area (Å²) in [4.78, 5) is 26.5. The smallest absolute Gasteiger partial charge is 0.269 e.